The molecule has 0 aliphatic carbocycles. The summed E-state index contributed by atoms with van der Waals surface area (Å²) < 4.78 is 155. The number of carbonyl (C=O) groups is 5. The molecule has 0 saturated carbocycles. The fourth-order valence-corrected chi connectivity index (χ4v) is 15.4. The summed E-state index contributed by atoms with van der Waals surface area (Å²) in [4.78, 5) is 92.1. The quantitative estimate of drug-likeness (QED) is 0.0186. The molecule has 9 heterocycles. The second kappa shape index (κ2) is 38.3. The van der Waals surface area contributed by atoms with Crippen molar-refractivity contribution < 1.29 is 102 Å². The number of carbonyl (C=O) groups excluding carboxylic acids is 3. The van der Waals surface area contributed by atoms with E-state index < -0.39 is 134 Å². The Kier molecular flexibility index (Phi) is 29.3. The van der Waals surface area contributed by atoms with Crippen LogP contribution in [0.25, 0.3) is 0 Å². The topological polar surface area (TPSA) is 314 Å². The summed E-state index contributed by atoms with van der Waals surface area (Å²) >= 11 is 19.9. The molecule has 6 N–H and O–H groups in total. The Morgan fingerprint density at radius 2 is 0.882 bits per heavy atom. The zero-order valence-electron chi connectivity index (χ0n) is 58.2. The average molecular weight is 1710 g/mol. The van der Waals surface area contributed by atoms with Gasteiger partial charge in [-0.15, -0.1) is 34.0 Å². The number of hydrogen-bond donors (Lipinski definition) is 6. The SMILES string of the molecule is CCOC(=O)C1=C(CN2CC(F)C(OCC(=O)O)C(F)C2)NC(c2nccs2)=N[C@H]1c1ccc(F)cc1Br.CCOC(=O)C1=C(CN2CC(F)C(OCC(=O)O)C(F)C2)NC(c2nccs2)=N[C@H]1c1ccc(F)cc1Cl.CCOC(=O)C1=C(CN2CCC(O)C(F)(F)C2)NC(c2nccs2)=NC1c1ccc(F)cc1Cl. The zero-order chi connectivity index (χ0) is 79.3. The number of carboxylic acids is 2. The number of amidine groups is 3. The van der Waals surface area contributed by atoms with Crippen LogP contribution in [0.5, 0.6) is 0 Å². The lowest BCUT2D eigenvalue weighted by molar-refractivity contribution is -0.152. The third-order valence-corrected chi connectivity index (χ3v) is 21.0. The largest absolute Gasteiger partial charge is 0.480 e. The van der Waals surface area contributed by atoms with Gasteiger partial charge < -0.3 is 55.0 Å². The molecule has 40 heteroatoms. The molecule has 3 fully saturated rings. The number of alkyl halides is 6. The van der Waals surface area contributed by atoms with Crippen molar-refractivity contribution in [3.63, 3.8) is 0 Å². The second-order valence-corrected chi connectivity index (χ2v) is 29.3. The summed E-state index contributed by atoms with van der Waals surface area (Å²) in [5, 5.41) is 43.3. The number of esters is 3. The summed E-state index contributed by atoms with van der Waals surface area (Å²) in [6, 6.07) is 8.52. The molecule has 3 aromatic carbocycles. The number of aromatic nitrogens is 3. The van der Waals surface area contributed by atoms with Crippen LogP contribution in [0.2, 0.25) is 10.0 Å². The van der Waals surface area contributed by atoms with E-state index in [0.29, 0.717) is 65.1 Å². The molecule has 8 atom stereocenters. The molecule has 3 saturated heterocycles. The maximum atomic E-state index is 14.9. The number of piperidine rings is 3. The first kappa shape index (κ1) is 84.2. The molecule has 3 aromatic heterocycles. The number of aliphatic imine (C=N–C) groups is 3. The average Bonchev–Trinajstić information content (AvgIpc) is 1.25. The number of carboxylic acid groups (broad SMARTS) is 2. The van der Waals surface area contributed by atoms with Gasteiger partial charge in [0.15, 0.2) is 32.5 Å². The molecule has 6 aromatic rings. The third-order valence-electron chi connectivity index (χ3n) is 17.3. The second-order valence-electron chi connectivity index (χ2n) is 24.9. The molecule has 110 heavy (non-hydrogen) atoms. The first-order valence-corrected chi connectivity index (χ1v) is 38.0. The van der Waals surface area contributed by atoms with Gasteiger partial charge in [-0.3, -0.25) is 29.7 Å². The highest BCUT2D eigenvalue weighted by Crippen LogP contribution is 2.42. The van der Waals surface area contributed by atoms with E-state index in [2.05, 4.69) is 56.8 Å². The Balaban J connectivity index is 0.000000176. The molecule has 6 aliphatic heterocycles. The fourth-order valence-electron chi connectivity index (χ4n) is 12.5. The van der Waals surface area contributed by atoms with Crippen LogP contribution in [-0.2, 0) is 47.7 Å². The molecule has 0 bridgehead atoms. The highest BCUT2D eigenvalue weighted by molar-refractivity contribution is 9.10. The molecule has 6 aliphatic rings. The van der Waals surface area contributed by atoms with Crippen molar-refractivity contribution in [3.05, 3.63) is 187 Å². The van der Waals surface area contributed by atoms with Crippen molar-refractivity contribution in [1.82, 2.24) is 45.6 Å². The molecule has 12 rings (SSSR count). The summed E-state index contributed by atoms with van der Waals surface area (Å²) in [7, 11) is 0. The number of thiazole rings is 3. The van der Waals surface area contributed by atoms with E-state index in [4.69, 9.17) is 62.1 Å². The van der Waals surface area contributed by atoms with Crippen molar-refractivity contribution in [2.45, 2.75) is 94.2 Å². The Bertz CT molecular complexity index is 4290. The summed E-state index contributed by atoms with van der Waals surface area (Å²) in [6.07, 6.45) is -7.39. The maximum absolute atomic E-state index is 14.9. The first-order valence-electron chi connectivity index (χ1n) is 33.8. The van der Waals surface area contributed by atoms with Crippen LogP contribution in [0.4, 0.5) is 39.5 Å². The van der Waals surface area contributed by atoms with Crippen molar-refractivity contribution in [2.24, 2.45) is 15.0 Å². The van der Waals surface area contributed by atoms with Gasteiger partial charge in [-0.1, -0.05) is 57.3 Å². The Hall–Kier alpha value is -8.28. The van der Waals surface area contributed by atoms with E-state index in [1.165, 1.54) is 91.2 Å². The van der Waals surface area contributed by atoms with Gasteiger partial charge in [0.25, 0.3) is 5.92 Å². The van der Waals surface area contributed by atoms with Crippen LogP contribution in [-0.4, -0.2) is 233 Å². The highest BCUT2D eigenvalue weighted by atomic mass is 79.9. The van der Waals surface area contributed by atoms with Crippen molar-refractivity contribution in [3.8, 4) is 0 Å². The number of halogens is 12. The van der Waals surface area contributed by atoms with Crippen LogP contribution in [0, 0.1) is 17.5 Å². The zero-order valence-corrected chi connectivity index (χ0v) is 63.8. The van der Waals surface area contributed by atoms with Crippen molar-refractivity contribution in [2.75, 3.05) is 91.9 Å². The molecular weight excluding hydrogens is 1630 g/mol. The molecule has 25 nitrogen and oxygen atoms in total. The predicted octanol–water partition coefficient (Wildman–Crippen LogP) is 10.3. The van der Waals surface area contributed by atoms with Crippen molar-refractivity contribution >= 4 is 120 Å². The highest BCUT2D eigenvalue weighted by Gasteiger charge is 2.47. The van der Waals surface area contributed by atoms with Crippen molar-refractivity contribution in [1.29, 1.82) is 0 Å². The van der Waals surface area contributed by atoms with Crippen LogP contribution < -0.4 is 16.0 Å². The molecule has 0 amide bonds. The van der Waals surface area contributed by atoms with Gasteiger partial charge in [0.2, 0.25) is 0 Å². The van der Waals surface area contributed by atoms with E-state index in [-0.39, 0.29) is 111 Å². The minimum atomic E-state index is -3.29. The lowest BCUT2D eigenvalue weighted by atomic mass is 9.94. The molecule has 590 valence electrons. The number of aliphatic hydroxyl groups excluding tert-OH is 1. The van der Waals surface area contributed by atoms with Gasteiger partial charge >= 0.3 is 29.8 Å². The number of likely N-dealkylation sites (tertiary alicyclic amines) is 3. The summed E-state index contributed by atoms with van der Waals surface area (Å²) in [6.45, 7) is 1.66. The molecular formula is C70H70BrCl2F9N12O13S3. The van der Waals surface area contributed by atoms with Crippen LogP contribution in [0.3, 0.4) is 0 Å². The van der Waals surface area contributed by atoms with Gasteiger partial charge in [-0.25, -0.2) is 78.4 Å². The van der Waals surface area contributed by atoms with E-state index in [1.54, 1.807) is 55.5 Å². The van der Waals surface area contributed by atoms with E-state index in [0.717, 1.165) is 12.1 Å². The number of nitrogens with one attached hydrogen (secondary N) is 3. The number of aliphatic hydroxyl groups is 1. The van der Waals surface area contributed by atoms with Gasteiger partial charge in [0.1, 0.15) is 91.8 Å². The Labute approximate surface area is 652 Å². The number of hydrogen-bond acceptors (Lipinski definition) is 26. The summed E-state index contributed by atoms with van der Waals surface area (Å²) in [5.74, 6) is -8.72. The van der Waals surface area contributed by atoms with E-state index in [1.807, 2.05) is 0 Å². The minimum absolute atomic E-state index is 0.0318. The predicted molar refractivity (Wildman–Crippen MR) is 391 cm³/mol. The number of rotatable bonds is 24. The molecule has 6 unspecified atom stereocenters. The Morgan fingerprint density at radius 3 is 1.19 bits per heavy atom. The molecule has 0 spiro atoms. The van der Waals surface area contributed by atoms with Gasteiger partial charge in [-0.05, 0) is 69.2 Å². The Morgan fingerprint density at radius 1 is 0.545 bits per heavy atom. The van der Waals surface area contributed by atoms with Crippen LogP contribution in [0.1, 0.15) is 77.0 Å². The van der Waals surface area contributed by atoms with Crippen LogP contribution >= 0.6 is 73.1 Å². The van der Waals surface area contributed by atoms with Crippen LogP contribution in [0.15, 0.2) is 143 Å². The van der Waals surface area contributed by atoms with Gasteiger partial charge in [0, 0.05) is 130 Å². The smallest absolute Gasteiger partial charge is 0.338 e. The first-order chi connectivity index (χ1) is 52.5. The van der Waals surface area contributed by atoms with Gasteiger partial charge in [-0.2, -0.15) is 0 Å². The third kappa shape index (κ3) is 21.1. The monoisotopic (exact) mass is 1700 g/mol. The number of benzene rings is 3. The maximum Gasteiger partial charge on any atom is 0.338 e. The number of nitrogens with zero attached hydrogens (tertiary/aromatic N) is 9. The fraction of sp³-hybridized carbons (Fsp3) is 0.414. The number of ether oxygens (including phenoxy) is 5. The standard InChI is InChI=1S/C24H24BrF3N4O5S.C24H24ClF3N4O5S.C22H22ClF3N4O3S/c2*1-2-36-24(35)19-17(10-32-8-15(27)21(16(28)9-32)37-11-18(33)34)30-22(23-29-5-6-38-23)31-20(19)13-4-3-12(26)7-14(13)25;1-2-33-21(32)17-15(10-30-7-5-16(31)22(25,26)11-30)28-19(20-27-6-8-34-20)29-18(17)13-4-3-12(24)9-14(13)23/h2*3-7,15-16,20-21H,2,8-11H2,1H3,(H,30,31)(H,33,34);3-4,6,8-9,16,18,31H,2,5,7,10-11H2,1H3,(H,28,29)/t2*15?,16?,20-,21?;/m00./s1. The number of aliphatic carboxylic acids is 2. The minimum Gasteiger partial charge on any atom is -0.480 e. The lowest BCUT2D eigenvalue weighted by Gasteiger charge is -2.38. The molecule has 0 radical (unpaired) electrons. The van der Waals surface area contributed by atoms with E-state index in [9.17, 15) is 68.6 Å². The normalized spacial score (nSPS) is 23.7. The van der Waals surface area contributed by atoms with E-state index >= 15 is 0 Å². The lowest BCUT2D eigenvalue weighted by Crippen LogP contribution is -2.54. The van der Waals surface area contributed by atoms with Gasteiger partial charge in [0.05, 0.1) is 43.1 Å². The summed E-state index contributed by atoms with van der Waals surface area (Å²) in [5.41, 5.74) is 2.28.